The molecule has 2 rings (SSSR count). The van der Waals surface area contributed by atoms with Gasteiger partial charge in [0.25, 0.3) is 0 Å². The molecule has 1 fully saturated rings. The van der Waals surface area contributed by atoms with Crippen molar-refractivity contribution in [2.45, 2.75) is 51.2 Å². The summed E-state index contributed by atoms with van der Waals surface area (Å²) >= 11 is 0. The molecular weight excluding hydrogens is 250 g/mol. The van der Waals surface area contributed by atoms with E-state index in [4.69, 9.17) is 15.2 Å². The lowest BCUT2D eigenvalue weighted by molar-refractivity contribution is 0.0171. The van der Waals surface area contributed by atoms with E-state index in [1.807, 2.05) is 12.1 Å². The molecule has 2 atom stereocenters. The lowest BCUT2D eigenvalue weighted by atomic mass is 9.80. The van der Waals surface area contributed by atoms with Crippen molar-refractivity contribution in [2.75, 3.05) is 14.2 Å². The number of hydrogen-bond acceptors (Lipinski definition) is 3. The molecule has 112 valence electrons. The second-order valence-electron chi connectivity index (χ2n) is 5.85. The van der Waals surface area contributed by atoms with Gasteiger partial charge < -0.3 is 15.2 Å². The Kier molecular flexibility index (Phi) is 5.44. The zero-order valence-corrected chi connectivity index (χ0v) is 12.9. The minimum Gasteiger partial charge on any atom is -0.497 e. The number of hydrogen-bond donors (Lipinski definition) is 1. The van der Waals surface area contributed by atoms with Crippen molar-refractivity contribution in [1.29, 1.82) is 0 Å². The summed E-state index contributed by atoms with van der Waals surface area (Å²) in [5.41, 5.74) is 8.85. The van der Waals surface area contributed by atoms with Gasteiger partial charge in [-0.25, -0.2) is 0 Å². The summed E-state index contributed by atoms with van der Waals surface area (Å²) in [7, 11) is 3.48. The Bertz CT molecular complexity index is 427. The molecule has 3 nitrogen and oxygen atoms in total. The van der Waals surface area contributed by atoms with Crippen LogP contribution in [0.1, 0.15) is 49.3 Å². The minimum absolute atomic E-state index is 0.0611. The van der Waals surface area contributed by atoms with Gasteiger partial charge in [-0.05, 0) is 48.9 Å². The normalized spacial score (nSPS) is 19.6. The third-order valence-corrected chi connectivity index (χ3v) is 4.58. The number of rotatable bonds is 5. The predicted molar refractivity (Wildman–Crippen MR) is 82.0 cm³/mol. The van der Waals surface area contributed by atoms with Crippen LogP contribution in [0.15, 0.2) is 18.2 Å². The van der Waals surface area contributed by atoms with E-state index in [1.54, 1.807) is 14.2 Å². The Balaban J connectivity index is 2.16. The lowest BCUT2D eigenvalue weighted by Crippen LogP contribution is -2.36. The van der Waals surface area contributed by atoms with Gasteiger partial charge in [0.15, 0.2) is 0 Å². The van der Waals surface area contributed by atoms with Gasteiger partial charge in [-0.2, -0.15) is 0 Å². The molecule has 0 radical (unpaired) electrons. The molecule has 3 heteroatoms. The molecule has 2 N–H and O–H groups in total. The second-order valence-corrected chi connectivity index (χ2v) is 5.85. The van der Waals surface area contributed by atoms with Crippen molar-refractivity contribution in [3.8, 4) is 5.75 Å². The van der Waals surface area contributed by atoms with E-state index in [9.17, 15) is 0 Å². The summed E-state index contributed by atoms with van der Waals surface area (Å²) in [5, 5.41) is 0. The minimum atomic E-state index is -0.0611. The fraction of sp³-hybridized carbons (Fsp3) is 0.647. The molecule has 1 aliphatic rings. The van der Waals surface area contributed by atoms with E-state index in [1.165, 1.54) is 43.2 Å². The molecular formula is C17H27NO2. The Labute approximate surface area is 122 Å². The summed E-state index contributed by atoms with van der Waals surface area (Å²) in [6.45, 7) is 2.09. The highest BCUT2D eigenvalue weighted by Crippen LogP contribution is 2.34. The monoisotopic (exact) mass is 277 g/mol. The van der Waals surface area contributed by atoms with Crippen LogP contribution in [0.2, 0.25) is 0 Å². The van der Waals surface area contributed by atoms with Gasteiger partial charge in [-0.1, -0.05) is 25.3 Å². The number of methoxy groups -OCH3 is 2. The zero-order chi connectivity index (χ0) is 14.5. The van der Waals surface area contributed by atoms with E-state index < -0.39 is 0 Å². The second kappa shape index (κ2) is 7.09. The van der Waals surface area contributed by atoms with Crippen LogP contribution >= 0.6 is 0 Å². The molecule has 0 amide bonds. The lowest BCUT2D eigenvalue weighted by Gasteiger charge is -2.33. The van der Waals surface area contributed by atoms with Crippen LogP contribution in [0.25, 0.3) is 0 Å². The van der Waals surface area contributed by atoms with Crippen LogP contribution in [-0.4, -0.2) is 20.3 Å². The number of nitrogens with two attached hydrogens (primary N) is 1. The van der Waals surface area contributed by atoms with Crippen molar-refractivity contribution < 1.29 is 9.47 Å². The molecule has 0 heterocycles. The Morgan fingerprint density at radius 1 is 1.15 bits per heavy atom. The number of aryl methyl sites for hydroxylation is 1. The summed E-state index contributed by atoms with van der Waals surface area (Å²) in [6, 6.07) is 6.04. The molecule has 0 aromatic heterocycles. The highest BCUT2D eigenvalue weighted by molar-refractivity contribution is 5.37. The summed E-state index contributed by atoms with van der Waals surface area (Å²) < 4.78 is 11.0. The Morgan fingerprint density at radius 3 is 2.40 bits per heavy atom. The topological polar surface area (TPSA) is 44.5 Å². The highest BCUT2D eigenvalue weighted by Gasteiger charge is 2.30. The average molecular weight is 277 g/mol. The first-order valence-corrected chi connectivity index (χ1v) is 7.60. The average Bonchev–Trinajstić information content (AvgIpc) is 2.48. The van der Waals surface area contributed by atoms with Crippen LogP contribution in [-0.2, 0) is 4.74 Å². The zero-order valence-electron chi connectivity index (χ0n) is 12.9. The number of ether oxygens (including phenoxy) is 2. The standard InChI is InChI=1S/C17H27NO2/c1-12-11-14(19-2)9-10-15(12)16(18)17(20-3)13-7-5-4-6-8-13/h9-11,13,16-17H,4-8,18H2,1-3H3. The molecule has 1 aromatic rings. The van der Waals surface area contributed by atoms with Gasteiger partial charge in [0, 0.05) is 7.11 Å². The van der Waals surface area contributed by atoms with E-state index in [0.29, 0.717) is 5.92 Å². The first kappa shape index (κ1) is 15.3. The SMILES string of the molecule is COc1ccc(C(N)C(OC)C2CCCCC2)c(C)c1. The van der Waals surface area contributed by atoms with E-state index in [2.05, 4.69) is 13.0 Å². The van der Waals surface area contributed by atoms with Crippen LogP contribution in [0, 0.1) is 12.8 Å². The van der Waals surface area contributed by atoms with Crippen molar-refractivity contribution >= 4 is 0 Å². The third kappa shape index (κ3) is 3.33. The largest absolute Gasteiger partial charge is 0.497 e. The van der Waals surface area contributed by atoms with Gasteiger partial charge in [0.2, 0.25) is 0 Å². The molecule has 0 spiro atoms. The van der Waals surface area contributed by atoms with Crippen molar-refractivity contribution in [3.63, 3.8) is 0 Å². The van der Waals surface area contributed by atoms with E-state index in [0.717, 1.165) is 5.75 Å². The molecule has 2 unspecified atom stereocenters. The van der Waals surface area contributed by atoms with Crippen molar-refractivity contribution in [3.05, 3.63) is 29.3 Å². The molecule has 0 bridgehead atoms. The Hall–Kier alpha value is -1.06. The smallest absolute Gasteiger partial charge is 0.119 e. The molecule has 1 saturated carbocycles. The molecule has 0 aliphatic heterocycles. The first-order chi connectivity index (χ1) is 9.67. The maximum atomic E-state index is 6.51. The van der Waals surface area contributed by atoms with E-state index in [-0.39, 0.29) is 12.1 Å². The van der Waals surface area contributed by atoms with Crippen LogP contribution < -0.4 is 10.5 Å². The summed E-state index contributed by atoms with van der Waals surface area (Å²) in [5.74, 6) is 1.47. The van der Waals surface area contributed by atoms with Gasteiger partial charge >= 0.3 is 0 Å². The molecule has 20 heavy (non-hydrogen) atoms. The number of benzene rings is 1. The van der Waals surface area contributed by atoms with Gasteiger partial charge in [0.1, 0.15) is 5.75 Å². The van der Waals surface area contributed by atoms with Crippen LogP contribution in [0.5, 0.6) is 5.75 Å². The summed E-state index contributed by atoms with van der Waals surface area (Å²) in [6.07, 6.45) is 6.55. The molecule has 0 saturated heterocycles. The maximum Gasteiger partial charge on any atom is 0.119 e. The first-order valence-electron chi connectivity index (χ1n) is 7.60. The highest BCUT2D eigenvalue weighted by atomic mass is 16.5. The summed E-state index contributed by atoms with van der Waals surface area (Å²) in [4.78, 5) is 0. The van der Waals surface area contributed by atoms with Gasteiger partial charge in [0.05, 0.1) is 19.3 Å². The van der Waals surface area contributed by atoms with Crippen LogP contribution in [0.3, 0.4) is 0 Å². The molecule has 1 aliphatic carbocycles. The van der Waals surface area contributed by atoms with Crippen molar-refractivity contribution in [1.82, 2.24) is 0 Å². The predicted octanol–water partition coefficient (Wildman–Crippen LogP) is 3.60. The maximum absolute atomic E-state index is 6.51. The van der Waals surface area contributed by atoms with Crippen LogP contribution in [0.4, 0.5) is 0 Å². The Morgan fingerprint density at radius 2 is 1.85 bits per heavy atom. The fourth-order valence-corrected chi connectivity index (χ4v) is 3.42. The quantitative estimate of drug-likeness (QED) is 0.894. The third-order valence-electron chi connectivity index (χ3n) is 4.58. The van der Waals surface area contributed by atoms with Gasteiger partial charge in [-0.15, -0.1) is 0 Å². The molecule has 1 aromatic carbocycles. The van der Waals surface area contributed by atoms with Gasteiger partial charge in [-0.3, -0.25) is 0 Å². The van der Waals surface area contributed by atoms with Crippen molar-refractivity contribution in [2.24, 2.45) is 11.7 Å². The van der Waals surface area contributed by atoms with E-state index >= 15 is 0 Å². The fourth-order valence-electron chi connectivity index (χ4n) is 3.42.